The van der Waals surface area contributed by atoms with E-state index in [2.05, 4.69) is 15.4 Å². The van der Waals surface area contributed by atoms with Gasteiger partial charge in [-0.15, -0.1) is 0 Å². The van der Waals surface area contributed by atoms with E-state index >= 15 is 0 Å². The van der Waals surface area contributed by atoms with Crippen molar-refractivity contribution in [2.75, 3.05) is 5.43 Å². The Morgan fingerprint density at radius 3 is 2.67 bits per heavy atom. The lowest BCUT2D eigenvalue weighted by Crippen LogP contribution is -2.12. The Hall–Kier alpha value is -2.33. The summed E-state index contributed by atoms with van der Waals surface area (Å²) in [5.74, 6) is 3.56. The molecule has 110 valence electrons. The summed E-state index contributed by atoms with van der Waals surface area (Å²) in [4.78, 5) is 18.1. The Morgan fingerprint density at radius 1 is 1.38 bits per heavy atom. The quantitative estimate of drug-likeness (QED) is 0.386. The molecule has 0 saturated heterocycles. The maximum Gasteiger partial charge on any atom is 0.322 e. The third-order valence-corrected chi connectivity index (χ3v) is 3.47. The molecule has 3 N–H and O–H groups in total. The second-order valence-electron chi connectivity index (χ2n) is 3.86. The minimum atomic E-state index is -0.840. The maximum atomic E-state index is 13.6. The van der Waals surface area contributed by atoms with Gasteiger partial charge in [0.2, 0.25) is 5.95 Å². The number of nitrogens with one attached hydrogen (secondary N) is 1. The van der Waals surface area contributed by atoms with Crippen molar-refractivity contribution in [3.63, 3.8) is 0 Å². The zero-order valence-electron chi connectivity index (χ0n) is 10.6. The van der Waals surface area contributed by atoms with Crippen molar-refractivity contribution in [1.29, 1.82) is 0 Å². The lowest BCUT2D eigenvalue weighted by atomic mass is 10.3. The Balaban J connectivity index is 2.51. The average Bonchev–Trinajstić information content (AvgIpc) is 2.40. The molecule has 0 bridgehead atoms. The number of nitrogens with two attached hydrogens (primary N) is 1. The van der Waals surface area contributed by atoms with Crippen LogP contribution < -0.4 is 11.3 Å². The summed E-state index contributed by atoms with van der Waals surface area (Å²) < 4.78 is 26.5. The molecule has 0 atom stereocenters. The van der Waals surface area contributed by atoms with Crippen LogP contribution in [0.5, 0.6) is 0 Å². The number of halogens is 2. The number of rotatable bonds is 4. The molecule has 0 amide bonds. The second-order valence-corrected chi connectivity index (χ2v) is 4.90. The lowest BCUT2D eigenvalue weighted by Gasteiger charge is -2.07. The number of nitrogen functional groups attached to an aromatic ring is 1. The molecule has 0 spiro atoms. The van der Waals surface area contributed by atoms with Gasteiger partial charge in [0, 0.05) is 11.0 Å². The highest BCUT2D eigenvalue weighted by Crippen LogP contribution is 2.36. The molecule has 1 aromatic heterocycles. The largest absolute Gasteiger partial charge is 0.322 e. The predicted octanol–water partition coefficient (Wildman–Crippen LogP) is 2.41. The van der Waals surface area contributed by atoms with Gasteiger partial charge in [0.05, 0.1) is 4.92 Å². The summed E-state index contributed by atoms with van der Waals surface area (Å²) in [5, 5.41) is 11.0. The van der Waals surface area contributed by atoms with Crippen molar-refractivity contribution < 1.29 is 13.7 Å². The molecule has 0 fully saturated rings. The molecule has 21 heavy (non-hydrogen) atoms. The van der Waals surface area contributed by atoms with E-state index in [0.717, 1.165) is 6.07 Å². The first-order valence-corrected chi connectivity index (χ1v) is 6.36. The van der Waals surface area contributed by atoms with E-state index in [-0.39, 0.29) is 27.3 Å². The Labute approximate surface area is 121 Å². The summed E-state index contributed by atoms with van der Waals surface area (Å²) >= 11 is 0.692. The van der Waals surface area contributed by atoms with Gasteiger partial charge in [-0.05, 0) is 19.1 Å². The first-order chi connectivity index (χ1) is 9.92. The third kappa shape index (κ3) is 3.23. The van der Waals surface area contributed by atoms with Crippen molar-refractivity contribution in [2.45, 2.75) is 16.8 Å². The van der Waals surface area contributed by atoms with Crippen molar-refractivity contribution in [3.8, 4) is 0 Å². The lowest BCUT2D eigenvalue weighted by molar-refractivity contribution is -0.389. The number of anilines is 1. The monoisotopic (exact) mass is 313 g/mol. The molecular formula is C11H9F2N5O2S. The van der Waals surface area contributed by atoms with Gasteiger partial charge in [-0.3, -0.25) is 15.5 Å². The van der Waals surface area contributed by atoms with Crippen molar-refractivity contribution >= 4 is 23.4 Å². The van der Waals surface area contributed by atoms with E-state index in [0.29, 0.717) is 17.8 Å². The molecule has 10 heteroatoms. The van der Waals surface area contributed by atoms with E-state index < -0.39 is 16.6 Å². The van der Waals surface area contributed by atoms with Crippen LogP contribution in [0.4, 0.5) is 20.4 Å². The predicted molar refractivity (Wildman–Crippen MR) is 71.7 cm³/mol. The number of benzene rings is 1. The standard InChI is InChI=1S/C11H9F2N5O2S/c1-5-9(18(19)20)10(16-11(15-5)17-14)21-8-3-2-6(12)4-7(8)13/h2-4H,14H2,1H3,(H,15,16,17). The minimum Gasteiger partial charge on any atom is -0.292 e. The number of aromatic nitrogens is 2. The van der Waals surface area contributed by atoms with E-state index in [1.807, 2.05) is 0 Å². The minimum absolute atomic E-state index is 0.000529. The molecule has 1 aromatic carbocycles. The Morgan fingerprint density at radius 2 is 2.10 bits per heavy atom. The fourth-order valence-electron chi connectivity index (χ4n) is 1.55. The van der Waals surface area contributed by atoms with Crippen LogP contribution >= 0.6 is 11.8 Å². The zero-order chi connectivity index (χ0) is 15.6. The first-order valence-electron chi connectivity index (χ1n) is 5.55. The number of nitro groups is 1. The van der Waals surface area contributed by atoms with Crippen LogP contribution in [0.1, 0.15) is 5.69 Å². The van der Waals surface area contributed by atoms with Crippen LogP contribution in [0.25, 0.3) is 0 Å². The highest BCUT2D eigenvalue weighted by atomic mass is 32.2. The number of hydrogen-bond acceptors (Lipinski definition) is 7. The van der Waals surface area contributed by atoms with Crippen LogP contribution in [0, 0.1) is 28.7 Å². The Bertz CT molecular complexity index is 713. The third-order valence-electron chi connectivity index (χ3n) is 2.44. The van der Waals surface area contributed by atoms with Gasteiger partial charge in [-0.25, -0.2) is 19.6 Å². The van der Waals surface area contributed by atoms with Crippen LogP contribution in [0.15, 0.2) is 28.1 Å². The smallest absolute Gasteiger partial charge is 0.292 e. The first kappa shape index (κ1) is 15.1. The maximum absolute atomic E-state index is 13.6. The number of nitrogens with zero attached hydrogens (tertiary/aromatic N) is 3. The molecular weight excluding hydrogens is 304 g/mol. The Kier molecular flexibility index (Phi) is 4.29. The van der Waals surface area contributed by atoms with Gasteiger partial charge in [0.1, 0.15) is 17.3 Å². The molecule has 1 heterocycles. The van der Waals surface area contributed by atoms with E-state index in [4.69, 9.17) is 5.84 Å². The fourth-order valence-corrected chi connectivity index (χ4v) is 2.50. The SMILES string of the molecule is Cc1nc(NN)nc(Sc2ccc(F)cc2F)c1[N+](=O)[O-]. The van der Waals surface area contributed by atoms with E-state index in [1.165, 1.54) is 13.0 Å². The molecule has 0 aliphatic heterocycles. The van der Waals surface area contributed by atoms with Crippen molar-refractivity contribution in [3.05, 3.63) is 45.6 Å². The van der Waals surface area contributed by atoms with Crippen LogP contribution in [-0.4, -0.2) is 14.9 Å². The normalized spacial score (nSPS) is 10.5. The summed E-state index contributed by atoms with van der Waals surface area (Å²) in [6, 6.07) is 2.91. The van der Waals surface area contributed by atoms with Crippen molar-refractivity contribution in [2.24, 2.45) is 5.84 Å². The van der Waals surface area contributed by atoms with Crippen LogP contribution in [-0.2, 0) is 0 Å². The molecule has 7 nitrogen and oxygen atoms in total. The number of hydrazine groups is 1. The van der Waals surface area contributed by atoms with Gasteiger partial charge in [-0.2, -0.15) is 4.98 Å². The average molecular weight is 313 g/mol. The molecule has 0 aliphatic carbocycles. The van der Waals surface area contributed by atoms with Crippen LogP contribution in [0.3, 0.4) is 0 Å². The van der Waals surface area contributed by atoms with Gasteiger partial charge >= 0.3 is 5.69 Å². The van der Waals surface area contributed by atoms with Crippen LogP contribution in [0.2, 0.25) is 0 Å². The molecule has 2 rings (SSSR count). The summed E-state index contributed by atoms with van der Waals surface area (Å²) in [6.07, 6.45) is 0. The molecule has 0 saturated carbocycles. The zero-order valence-corrected chi connectivity index (χ0v) is 11.4. The highest BCUT2D eigenvalue weighted by molar-refractivity contribution is 7.99. The summed E-state index contributed by atoms with van der Waals surface area (Å²) in [7, 11) is 0. The molecule has 0 unspecified atom stereocenters. The molecule has 0 radical (unpaired) electrons. The van der Waals surface area contributed by atoms with E-state index in [1.54, 1.807) is 0 Å². The molecule has 2 aromatic rings. The highest BCUT2D eigenvalue weighted by Gasteiger charge is 2.23. The topological polar surface area (TPSA) is 107 Å². The van der Waals surface area contributed by atoms with Crippen molar-refractivity contribution in [1.82, 2.24) is 9.97 Å². The van der Waals surface area contributed by atoms with Gasteiger partial charge < -0.3 is 0 Å². The summed E-state index contributed by atoms with van der Waals surface area (Å²) in [5.41, 5.74) is 1.89. The summed E-state index contributed by atoms with van der Waals surface area (Å²) in [6.45, 7) is 1.41. The van der Waals surface area contributed by atoms with Gasteiger partial charge in [-0.1, -0.05) is 11.8 Å². The fraction of sp³-hybridized carbons (Fsp3) is 0.0909. The van der Waals surface area contributed by atoms with E-state index in [9.17, 15) is 18.9 Å². The number of aryl methyl sites for hydroxylation is 1. The molecule has 0 aliphatic rings. The second kappa shape index (κ2) is 5.97. The van der Waals surface area contributed by atoms with Gasteiger partial charge in [0.15, 0.2) is 5.03 Å². The number of hydrogen-bond donors (Lipinski definition) is 2. The van der Waals surface area contributed by atoms with Gasteiger partial charge in [0.25, 0.3) is 0 Å².